The van der Waals surface area contributed by atoms with Crippen molar-refractivity contribution in [2.45, 2.75) is 24.5 Å². The van der Waals surface area contributed by atoms with Crippen molar-refractivity contribution in [3.05, 3.63) is 83.4 Å². The Morgan fingerprint density at radius 1 is 0.970 bits per heavy atom. The maximum Gasteiger partial charge on any atom is 0.407 e. The molecule has 1 aliphatic rings. The molecule has 2 aromatic carbocycles. The fourth-order valence-electron chi connectivity index (χ4n) is 3.95. The van der Waals surface area contributed by atoms with E-state index < -0.39 is 30.1 Å². The van der Waals surface area contributed by atoms with Crippen molar-refractivity contribution < 1.29 is 29.6 Å². The summed E-state index contributed by atoms with van der Waals surface area (Å²) >= 11 is 0. The van der Waals surface area contributed by atoms with Crippen LogP contribution in [0.3, 0.4) is 0 Å². The van der Waals surface area contributed by atoms with E-state index >= 15 is 0 Å². The van der Waals surface area contributed by atoms with E-state index in [2.05, 4.69) is 27.4 Å². The predicted molar refractivity (Wildman–Crippen MR) is 118 cm³/mol. The average Bonchev–Trinajstić information content (AvgIpc) is 3.16. The van der Waals surface area contributed by atoms with Crippen molar-refractivity contribution in [3.63, 3.8) is 0 Å². The summed E-state index contributed by atoms with van der Waals surface area (Å²) in [6, 6.07) is 16.1. The van der Waals surface area contributed by atoms with Gasteiger partial charge in [0.05, 0.1) is 6.10 Å². The Kier molecular flexibility index (Phi) is 6.62. The normalized spacial score (nSPS) is 14.1. The highest BCUT2D eigenvalue weighted by Crippen LogP contribution is 2.44. The lowest BCUT2D eigenvalue weighted by Crippen LogP contribution is -2.30. The zero-order chi connectivity index (χ0) is 23.4. The number of aliphatic hydroxyl groups is 2. The summed E-state index contributed by atoms with van der Waals surface area (Å²) in [6.45, 7) is 0.251. The highest BCUT2D eigenvalue weighted by atomic mass is 16.5. The maximum absolute atomic E-state index is 12.2. The van der Waals surface area contributed by atoms with Crippen molar-refractivity contribution in [2.24, 2.45) is 0 Å². The monoisotopic (exact) mass is 449 g/mol. The van der Waals surface area contributed by atoms with Crippen molar-refractivity contribution in [2.75, 3.05) is 13.2 Å². The molecule has 9 heteroatoms. The minimum Gasteiger partial charge on any atom is -0.475 e. The molecule has 2 atom stereocenters. The van der Waals surface area contributed by atoms with Gasteiger partial charge in [0.15, 0.2) is 0 Å². The first-order valence-electron chi connectivity index (χ1n) is 10.5. The van der Waals surface area contributed by atoms with E-state index in [0.717, 1.165) is 34.6 Å². The summed E-state index contributed by atoms with van der Waals surface area (Å²) in [5.74, 6) is -1.74. The van der Waals surface area contributed by atoms with E-state index in [1.807, 2.05) is 36.4 Å². The molecule has 1 amide bonds. The summed E-state index contributed by atoms with van der Waals surface area (Å²) in [6.07, 6.45) is -0.818. The van der Waals surface area contributed by atoms with Crippen LogP contribution in [0.25, 0.3) is 11.1 Å². The summed E-state index contributed by atoms with van der Waals surface area (Å²) in [7, 11) is 0. The second-order valence-corrected chi connectivity index (χ2v) is 7.70. The number of fused-ring (bicyclic) bond motifs is 3. The van der Waals surface area contributed by atoms with Gasteiger partial charge < -0.3 is 25.4 Å². The summed E-state index contributed by atoms with van der Waals surface area (Å²) in [5.41, 5.74) is 4.68. The molecule has 0 bridgehead atoms. The van der Waals surface area contributed by atoms with Gasteiger partial charge in [-0.2, -0.15) is 0 Å². The number of aromatic carboxylic acids is 1. The van der Waals surface area contributed by atoms with Gasteiger partial charge in [-0.15, -0.1) is 0 Å². The number of alkyl carbamates (subject to hydrolysis) is 1. The lowest BCUT2D eigenvalue weighted by molar-refractivity contribution is 0.0132. The minimum atomic E-state index is -1.32. The standard InChI is InChI=1S/C24H23N3O6/c28-20(21(29)14-11-26-22(23(30)31)27-12-14)9-10-25-24(32)33-13-19-17-7-3-1-5-15(17)16-6-2-4-8-18(16)19/h1-8,11-12,19-21,28-29H,9-10,13H2,(H,25,32)(H,30,31). The third-order valence-electron chi connectivity index (χ3n) is 5.62. The van der Waals surface area contributed by atoms with Crippen LogP contribution in [0.1, 0.15) is 45.8 Å². The van der Waals surface area contributed by atoms with Crippen LogP contribution >= 0.6 is 0 Å². The zero-order valence-electron chi connectivity index (χ0n) is 17.6. The third kappa shape index (κ3) is 4.84. The van der Waals surface area contributed by atoms with Gasteiger partial charge in [0.25, 0.3) is 0 Å². The first-order chi connectivity index (χ1) is 16.0. The summed E-state index contributed by atoms with van der Waals surface area (Å²) < 4.78 is 5.43. The van der Waals surface area contributed by atoms with Crippen molar-refractivity contribution >= 4 is 12.1 Å². The molecule has 1 aliphatic carbocycles. The van der Waals surface area contributed by atoms with Crippen LogP contribution in [-0.2, 0) is 4.74 Å². The Bertz CT molecular complexity index is 1110. The lowest BCUT2D eigenvalue weighted by atomic mass is 9.98. The number of aromatic nitrogens is 2. The quantitative estimate of drug-likeness (QED) is 0.411. The number of carboxylic acid groups (broad SMARTS) is 1. The fraction of sp³-hybridized carbons (Fsp3) is 0.250. The molecule has 0 aliphatic heterocycles. The van der Waals surface area contributed by atoms with Crippen LogP contribution in [0.15, 0.2) is 60.9 Å². The highest BCUT2D eigenvalue weighted by molar-refractivity contribution is 5.82. The molecule has 2 unspecified atom stereocenters. The number of ether oxygens (including phenoxy) is 1. The maximum atomic E-state index is 12.2. The molecule has 0 spiro atoms. The number of carbonyl (C=O) groups excluding carboxylic acids is 1. The Labute approximate surface area is 189 Å². The van der Waals surface area contributed by atoms with Crippen LogP contribution in [-0.4, -0.2) is 56.6 Å². The smallest absolute Gasteiger partial charge is 0.407 e. The van der Waals surface area contributed by atoms with Gasteiger partial charge in [0, 0.05) is 30.4 Å². The van der Waals surface area contributed by atoms with Crippen LogP contribution in [0.2, 0.25) is 0 Å². The van der Waals surface area contributed by atoms with Crippen molar-refractivity contribution in [1.82, 2.24) is 15.3 Å². The molecule has 1 aromatic heterocycles. The Morgan fingerprint density at radius 2 is 1.55 bits per heavy atom. The molecule has 0 fully saturated rings. The fourth-order valence-corrected chi connectivity index (χ4v) is 3.95. The number of rotatable bonds is 8. The number of carbonyl (C=O) groups is 2. The predicted octanol–water partition coefficient (Wildman–Crippen LogP) is 2.50. The van der Waals surface area contributed by atoms with Crippen LogP contribution in [0.4, 0.5) is 4.79 Å². The molecule has 0 radical (unpaired) electrons. The number of hydrogen-bond donors (Lipinski definition) is 4. The van der Waals surface area contributed by atoms with Gasteiger partial charge in [0.1, 0.15) is 12.7 Å². The largest absolute Gasteiger partial charge is 0.475 e. The van der Waals surface area contributed by atoms with Gasteiger partial charge in [-0.1, -0.05) is 48.5 Å². The van der Waals surface area contributed by atoms with Gasteiger partial charge in [-0.3, -0.25) is 0 Å². The van der Waals surface area contributed by atoms with E-state index in [1.54, 1.807) is 0 Å². The first kappa shape index (κ1) is 22.4. The Hall–Kier alpha value is -3.82. The number of aliphatic hydroxyl groups excluding tert-OH is 2. The number of carboxylic acids is 1. The molecule has 4 N–H and O–H groups in total. The first-order valence-corrected chi connectivity index (χ1v) is 10.5. The molecule has 9 nitrogen and oxygen atoms in total. The highest BCUT2D eigenvalue weighted by Gasteiger charge is 2.29. The van der Waals surface area contributed by atoms with Gasteiger partial charge in [0.2, 0.25) is 5.82 Å². The number of nitrogens with one attached hydrogen (secondary N) is 1. The topological polar surface area (TPSA) is 142 Å². The van der Waals surface area contributed by atoms with Gasteiger partial charge >= 0.3 is 12.1 Å². The van der Waals surface area contributed by atoms with Crippen LogP contribution in [0.5, 0.6) is 0 Å². The van der Waals surface area contributed by atoms with E-state index in [1.165, 1.54) is 0 Å². The molecule has 0 saturated carbocycles. The Balaban J connectivity index is 1.27. The number of hydrogen-bond acceptors (Lipinski definition) is 7. The summed E-state index contributed by atoms with van der Waals surface area (Å²) in [4.78, 5) is 30.2. The molecule has 170 valence electrons. The molecule has 4 rings (SSSR count). The average molecular weight is 449 g/mol. The zero-order valence-corrected chi connectivity index (χ0v) is 17.6. The van der Waals surface area contributed by atoms with Crippen LogP contribution in [0, 0.1) is 0 Å². The SMILES string of the molecule is O=C(NCCC(O)C(O)c1cnc(C(=O)O)nc1)OCC1c2ccccc2-c2ccccc21. The molecule has 1 heterocycles. The number of benzene rings is 2. The lowest BCUT2D eigenvalue weighted by Gasteiger charge is -2.18. The van der Waals surface area contributed by atoms with E-state index in [-0.39, 0.29) is 31.1 Å². The third-order valence-corrected chi connectivity index (χ3v) is 5.62. The second-order valence-electron chi connectivity index (χ2n) is 7.70. The van der Waals surface area contributed by atoms with Gasteiger partial charge in [-0.05, 0) is 28.7 Å². The Morgan fingerprint density at radius 3 is 2.12 bits per heavy atom. The van der Waals surface area contributed by atoms with E-state index in [0.29, 0.717) is 0 Å². The van der Waals surface area contributed by atoms with Crippen LogP contribution < -0.4 is 5.32 Å². The molecule has 3 aromatic rings. The summed E-state index contributed by atoms with van der Waals surface area (Å²) in [5, 5.41) is 31.8. The van der Waals surface area contributed by atoms with Crippen molar-refractivity contribution in [1.29, 1.82) is 0 Å². The van der Waals surface area contributed by atoms with Gasteiger partial charge in [-0.25, -0.2) is 19.6 Å². The number of amides is 1. The molecule has 0 saturated heterocycles. The molecule has 33 heavy (non-hydrogen) atoms. The minimum absolute atomic E-state index is 0.0477. The second kappa shape index (κ2) is 9.76. The molecular weight excluding hydrogens is 426 g/mol. The van der Waals surface area contributed by atoms with E-state index in [9.17, 15) is 19.8 Å². The van der Waals surface area contributed by atoms with E-state index in [4.69, 9.17) is 9.84 Å². The van der Waals surface area contributed by atoms with Crippen molar-refractivity contribution in [3.8, 4) is 11.1 Å². The molecular formula is C24H23N3O6. The number of nitrogens with zero attached hydrogens (tertiary/aromatic N) is 2.